The van der Waals surface area contributed by atoms with Crippen molar-refractivity contribution in [1.29, 1.82) is 0 Å². The van der Waals surface area contributed by atoms with Crippen LogP contribution in [-0.2, 0) is 6.54 Å². The largest absolute Gasteiger partial charge is 0.331 e. The lowest BCUT2D eigenvalue weighted by atomic mass is 10.1. The summed E-state index contributed by atoms with van der Waals surface area (Å²) in [5.41, 5.74) is 1.97. The van der Waals surface area contributed by atoms with Crippen LogP contribution in [0.2, 0.25) is 10.0 Å². The highest BCUT2D eigenvalue weighted by Gasteiger charge is 2.18. The first-order valence-corrected chi connectivity index (χ1v) is 8.54. The van der Waals surface area contributed by atoms with Crippen molar-refractivity contribution in [3.05, 3.63) is 26.9 Å². The van der Waals surface area contributed by atoms with Crippen molar-refractivity contribution in [3.63, 3.8) is 0 Å². The lowest BCUT2D eigenvalue weighted by Crippen LogP contribution is -2.39. The van der Waals surface area contributed by atoms with Gasteiger partial charge in [0.25, 0.3) is 0 Å². The Morgan fingerprint density at radius 3 is 2.57 bits per heavy atom. The Morgan fingerprint density at radius 1 is 1.19 bits per heavy atom. The summed E-state index contributed by atoms with van der Waals surface area (Å²) in [5, 5.41) is 1.12. The van der Waals surface area contributed by atoms with Crippen molar-refractivity contribution in [1.82, 2.24) is 14.5 Å². The Morgan fingerprint density at radius 2 is 1.86 bits per heavy atom. The maximum absolute atomic E-state index is 6.15. The Labute approximate surface area is 139 Å². The van der Waals surface area contributed by atoms with Crippen LogP contribution in [-0.4, -0.2) is 33.6 Å². The molecule has 1 unspecified atom stereocenters. The molecule has 1 aromatic carbocycles. The van der Waals surface area contributed by atoms with E-state index in [0.717, 1.165) is 22.3 Å². The van der Waals surface area contributed by atoms with Gasteiger partial charge in [-0.2, -0.15) is 0 Å². The summed E-state index contributed by atoms with van der Waals surface area (Å²) < 4.78 is 2.86. The summed E-state index contributed by atoms with van der Waals surface area (Å²) in [5.74, 6) is 0. The van der Waals surface area contributed by atoms with E-state index < -0.39 is 0 Å². The number of benzene rings is 1. The molecule has 2 heterocycles. The Hall–Kier alpha value is -0.550. The molecular formula is C15H19Cl2N3S. The number of hydrogen-bond acceptors (Lipinski definition) is 2. The standard InChI is InChI=1S/C15H19Cl2N3S/c1-10(19-5-3-2-4-6-19)9-20-14-8-12(17)11(16)7-13(14)18-15(20)21/h7-8,10H,2-6,9H2,1H3,(H,18,21). The van der Waals surface area contributed by atoms with Crippen molar-refractivity contribution >= 4 is 46.5 Å². The van der Waals surface area contributed by atoms with Crippen LogP contribution in [0.5, 0.6) is 0 Å². The van der Waals surface area contributed by atoms with Gasteiger partial charge in [-0.3, -0.25) is 4.90 Å². The van der Waals surface area contributed by atoms with Gasteiger partial charge in [-0.25, -0.2) is 0 Å². The monoisotopic (exact) mass is 343 g/mol. The molecule has 1 fully saturated rings. The van der Waals surface area contributed by atoms with Crippen LogP contribution in [0, 0.1) is 4.77 Å². The van der Waals surface area contributed by atoms with Crippen LogP contribution in [0.3, 0.4) is 0 Å². The SMILES string of the molecule is CC(Cn1c(=S)[nH]c2cc(Cl)c(Cl)cc21)N1CCCCC1. The van der Waals surface area contributed by atoms with E-state index in [9.17, 15) is 0 Å². The summed E-state index contributed by atoms with van der Waals surface area (Å²) >= 11 is 17.7. The molecule has 1 aromatic heterocycles. The van der Waals surface area contributed by atoms with Crippen LogP contribution in [0.25, 0.3) is 11.0 Å². The zero-order valence-electron chi connectivity index (χ0n) is 12.0. The number of likely N-dealkylation sites (tertiary alicyclic amines) is 1. The number of imidazole rings is 1. The number of hydrogen-bond donors (Lipinski definition) is 1. The van der Waals surface area contributed by atoms with Crippen LogP contribution in [0.4, 0.5) is 0 Å². The number of halogens is 2. The van der Waals surface area contributed by atoms with Gasteiger partial charge in [0.05, 0.1) is 21.1 Å². The molecule has 3 rings (SSSR count). The molecule has 0 aliphatic carbocycles. The van der Waals surface area contributed by atoms with Crippen LogP contribution in [0.15, 0.2) is 12.1 Å². The van der Waals surface area contributed by atoms with Crippen LogP contribution < -0.4 is 0 Å². The van der Waals surface area contributed by atoms with E-state index in [1.165, 1.54) is 32.4 Å². The molecule has 0 spiro atoms. The minimum Gasteiger partial charge on any atom is -0.331 e. The van der Waals surface area contributed by atoms with Gasteiger partial charge in [0.15, 0.2) is 4.77 Å². The van der Waals surface area contributed by atoms with Gasteiger partial charge in [-0.15, -0.1) is 0 Å². The maximum atomic E-state index is 6.15. The van der Waals surface area contributed by atoms with Gasteiger partial charge in [-0.1, -0.05) is 29.6 Å². The second kappa shape index (κ2) is 6.29. The van der Waals surface area contributed by atoms with Gasteiger partial charge in [0.2, 0.25) is 0 Å². The molecule has 1 aliphatic rings. The Bertz CT molecular complexity index is 701. The fourth-order valence-corrected chi connectivity index (χ4v) is 3.68. The number of nitrogens with zero attached hydrogens (tertiary/aromatic N) is 2. The number of H-pyrrole nitrogens is 1. The highest BCUT2D eigenvalue weighted by Crippen LogP contribution is 2.28. The van der Waals surface area contributed by atoms with E-state index in [0.29, 0.717) is 16.1 Å². The second-order valence-corrected chi connectivity index (χ2v) is 6.97. The van der Waals surface area contributed by atoms with Gasteiger partial charge in [0.1, 0.15) is 0 Å². The topological polar surface area (TPSA) is 24.0 Å². The number of piperidine rings is 1. The molecular weight excluding hydrogens is 325 g/mol. The lowest BCUT2D eigenvalue weighted by Gasteiger charge is -2.32. The zero-order chi connectivity index (χ0) is 15.0. The summed E-state index contributed by atoms with van der Waals surface area (Å²) in [6.07, 6.45) is 3.94. The first-order valence-electron chi connectivity index (χ1n) is 7.38. The molecule has 3 nitrogen and oxygen atoms in total. The van der Waals surface area contributed by atoms with Crippen molar-refractivity contribution in [2.45, 2.75) is 38.8 Å². The normalized spacial score (nSPS) is 18.2. The van der Waals surface area contributed by atoms with Crippen molar-refractivity contribution in [3.8, 4) is 0 Å². The number of aromatic nitrogens is 2. The van der Waals surface area contributed by atoms with E-state index >= 15 is 0 Å². The molecule has 1 N–H and O–H groups in total. The van der Waals surface area contributed by atoms with Gasteiger partial charge in [0, 0.05) is 12.6 Å². The molecule has 0 saturated carbocycles. The summed E-state index contributed by atoms with van der Waals surface area (Å²) in [7, 11) is 0. The Kier molecular flexibility index (Phi) is 4.60. The van der Waals surface area contributed by atoms with Gasteiger partial charge < -0.3 is 9.55 Å². The zero-order valence-corrected chi connectivity index (χ0v) is 14.4. The predicted octanol–water partition coefficient (Wildman–Crippen LogP) is 4.88. The average molecular weight is 344 g/mol. The first kappa shape index (κ1) is 15.3. The first-order chi connectivity index (χ1) is 10.1. The maximum Gasteiger partial charge on any atom is 0.178 e. The van der Waals surface area contributed by atoms with E-state index in [1.807, 2.05) is 12.1 Å². The van der Waals surface area contributed by atoms with Gasteiger partial charge in [-0.05, 0) is 57.2 Å². The van der Waals surface area contributed by atoms with Crippen molar-refractivity contribution < 1.29 is 0 Å². The molecule has 0 amide bonds. The Balaban J connectivity index is 1.91. The van der Waals surface area contributed by atoms with Crippen LogP contribution in [0.1, 0.15) is 26.2 Å². The fraction of sp³-hybridized carbons (Fsp3) is 0.533. The third-order valence-corrected chi connectivity index (χ3v) is 5.32. The summed E-state index contributed by atoms with van der Waals surface area (Å²) in [6.45, 7) is 5.51. The smallest absolute Gasteiger partial charge is 0.178 e. The number of nitrogens with one attached hydrogen (secondary N) is 1. The van der Waals surface area contributed by atoms with Crippen LogP contribution >= 0.6 is 35.4 Å². The second-order valence-electron chi connectivity index (χ2n) is 5.77. The predicted molar refractivity (Wildman–Crippen MR) is 92.0 cm³/mol. The molecule has 6 heteroatoms. The number of rotatable bonds is 3. The molecule has 0 bridgehead atoms. The molecule has 21 heavy (non-hydrogen) atoms. The van der Waals surface area contributed by atoms with E-state index in [2.05, 4.69) is 21.4 Å². The summed E-state index contributed by atoms with van der Waals surface area (Å²) in [4.78, 5) is 5.76. The molecule has 1 atom stereocenters. The number of fused-ring (bicyclic) bond motifs is 1. The molecule has 1 aliphatic heterocycles. The average Bonchev–Trinajstić information content (AvgIpc) is 2.76. The third-order valence-electron chi connectivity index (χ3n) is 4.28. The summed E-state index contributed by atoms with van der Waals surface area (Å²) in [6, 6.07) is 4.20. The van der Waals surface area contributed by atoms with Crippen molar-refractivity contribution in [2.75, 3.05) is 13.1 Å². The van der Waals surface area contributed by atoms with Crippen molar-refractivity contribution in [2.24, 2.45) is 0 Å². The third kappa shape index (κ3) is 3.14. The minimum atomic E-state index is 0.463. The highest BCUT2D eigenvalue weighted by molar-refractivity contribution is 7.71. The van der Waals surface area contributed by atoms with E-state index in [4.69, 9.17) is 35.4 Å². The number of aromatic amines is 1. The molecule has 1 saturated heterocycles. The quantitative estimate of drug-likeness (QED) is 0.803. The van der Waals surface area contributed by atoms with E-state index in [-0.39, 0.29) is 0 Å². The highest BCUT2D eigenvalue weighted by atomic mass is 35.5. The van der Waals surface area contributed by atoms with Gasteiger partial charge >= 0.3 is 0 Å². The molecule has 2 aromatic rings. The fourth-order valence-electron chi connectivity index (χ4n) is 3.07. The molecule has 0 radical (unpaired) electrons. The van der Waals surface area contributed by atoms with E-state index in [1.54, 1.807) is 0 Å². The minimum absolute atomic E-state index is 0.463. The lowest BCUT2D eigenvalue weighted by molar-refractivity contribution is 0.160. The molecule has 114 valence electrons.